The number of hydrogen-bond donors (Lipinski definition) is 1. The van der Waals surface area contributed by atoms with E-state index in [-0.39, 0.29) is 6.54 Å². The fourth-order valence-electron chi connectivity index (χ4n) is 0.801. The first-order valence-electron chi connectivity index (χ1n) is 3.05. The molecule has 1 rings (SSSR count). The first kappa shape index (κ1) is 7.15. The Morgan fingerprint density at radius 2 is 2.40 bits per heavy atom. The van der Waals surface area contributed by atoms with Gasteiger partial charge >= 0.3 is 0 Å². The fourth-order valence-corrected chi connectivity index (χ4v) is 0.801. The summed E-state index contributed by atoms with van der Waals surface area (Å²) >= 11 is 0. The highest BCUT2D eigenvalue weighted by atomic mass is 19.1. The van der Waals surface area contributed by atoms with Gasteiger partial charge in [-0.05, 0) is 18.6 Å². The van der Waals surface area contributed by atoms with Crippen molar-refractivity contribution >= 4 is 0 Å². The lowest BCUT2D eigenvalue weighted by Crippen LogP contribution is -2.03. The van der Waals surface area contributed by atoms with Crippen molar-refractivity contribution in [1.82, 2.24) is 4.98 Å². The van der Waals surface area contributed by atoms with Gasteiger partial charge in [0.15, 0.2) is 0 Å². The number of nitrogens with zero attached hydrogens (tertiary/aromatic N) is 1. The van der Waals surface area contributed by atoms with Gasteiger partial charge in [0.1, 0.15) is 0 Å². The predicted octanol–water partition coefficient (Wildman–Crippen LogP) is 0.988. The summed E-state index contributed by atoms with van der Waals surface area (Å²) in [6.07, 6.45) is 1.43. The predicted molar refractivity (Wildman–Crippen MR) is 36.8 cm³/mol. The fraction of sp³-hybridized carbons (Fsp3) is 0.286. The molecule has 1 aromatic heterocycles. The first-order valence-corrected chi connectivity index (χ1v) is 3.05. The Labute approximate surface area is 58.9 Å². The first-order chi connectivity index (χ1) is 4.75. The van der Waals surface area contributed by atoms with Crippen LogP contribution in [-0.2, 0) is 6.54 Å². The second-order valence-electron chi connectivity index (χ2n) is 2.10. The van der Waals surface area contributed by atoms with Crippen molar-refractivity contribution in [2.75, 3.05) is 0 Å². The van der Waals surface area contributed by atoms with Crippen molar-refractivity contribution in [3.63, 3.8) is 0 Å². The van der Waals surface area contributed by atoms with E-state index in [9.17, 15) is 4.39 Å². The zero-order valence-electron chi connectivity index (χ0n) is 5.76. The van der Waals surface area contributed by atoms with Gasteiger partial charge in [0.25, 0.3) is 0 Å². The van der Waals surface area contributed by atoms with Crippen LogP contribution in [0.3, 0.4) is 0 Å². The van der Waals surface area contributed by atoms with Gasteiger partial charge in [-0.3, -0.25) is 0 Å². The van der Waals surface area contributed by atoms with Crippen LogP contribution >= 0.6 is 0 Å². The van der Waals surface area contributed by atoms with E-state index in [1.54, 1.807) is 6.07 Å². The van der Waals surface area contributed by atoms with Gasteiger partial charge in [-0.1, -0.05) is 0 Å². The van der Waals surface area contributed by atoms with Crippen LogP contribution in [0, 0.1) is 12.9 Å². The van der Waals surface area contributed by atoms with E-state index in [4.69, 9.17) is 5.73 Å². The number of aryl methyl sites for hydroxylation is 1. The van der Waals surface area contributed by atoms with Crippen molar-refractivity contribution in [1.29, 1.82) is 0 Å². The van der Waals surface area contributed by atoms with E-state index in [0.717, 1.165) is 5.56 Å². The molecule has 2 N–H and O–H groups in total. The molecule has 0 fully saturated rings. The van der Waals surface area contributed by atoms with E-state index in [2.05, 4.69) is 4.98 Å². The Hall–Kier alpha value is -0.960. The Morgan fingerprint density at radius 1 is 1.70 bits per heavy atom. The summed E-state index contributed by atoms with van der Waals surface area (Å²) in [5, 5.41) is 0. The lowest BCUT2D eigenvalue weighted by Gasteiger charge is -2.00. The van der Waals surface area contributed by atoms with E-state index >= 15 is 0 Å². The maximum absolute atomic E-state index is 12.7. The third-order valence-corrected chi connectivity index (χ3v) is 1.44. The summed E-state index contributed by atoms with van der Waals surface area (Å²) in [5.41, 5.74) is 6.63. The summed E-state index contributed by atoms with van der Waals surface area (Å²) in [5.74, 6) is -0.456. The average molecular weight is 140 g/mol. The van der Waals surface area contributed by atoms with Crippen LogP contribution in [0.5, 0.6) is 0 Å². The minimum absolute atomic E-state index is 0.214. The molecule has 2 nitrogen and oxygen atoms in total. The maximum atomic E-state index is 12.7. The molecule has 10 heavy (non-hydrogen) atoms. The summed E-state index contributed by atoms with van der Waals surface area (Å²) < 4.78 is 12.7. The van der Waals surface area contributed by atoms with Crippen LogP contribution in [0.4, 0.5) is 4.39 Å². The number of hydrogen-bond acceptors (Lipinski definition) is 2. The van der Waals surface area contributed by atoms with Crippen molar-refractivity contribution in [3.05, 3.63) is 29.3 Å². The van der Waals surface area contributed by atoms with Crippen LogP contribution < -0.4 is 5.73 Å². The standard InChI is InChI=1S/C7H9FN2/c1-5-2-3-10-7(8)6(5)4-9/h2-3H,4,9H2,1H3. The van der Waals surface area contributed by atoms with Gasteiger partial charge in [0.2, 0.25) is 5.95 Å². The molecule has 0 saturated carbocycles. The van der Waals surface area contributed by atoms with Gasteiger partial charge in [-0.25, -0.2) is 4.98 Å². The molecule has 0 unspecified atom stereocenters. The molecule has 0 aliphatic heterocycles. The molecule has 0 bridgehead atoms. The Balaban J connectivity index is 3.17. The topological polar surface area (TPSA) is 38.9 Å². The molecule has 3 heteroatoms. The maximum Gasteiger partial charge on any atom is 0.217 e. The van der Waals surface area contributed by atoms with Gasteiger partial charge in [-0.2, -0.15) is 4.39 Å². The molecule has 0 saturated heterocycles. The van der Waals surface area contributed by atoms with Crippen LogP contribution in [0.25, 0.3) is 0 Å². The number of rotatable bonds is 1. The molecular weight excluding hydrogens is 131 g/mol. The van der Waals surface area contributed by atoms with Gasteiger partial charge in [0.05, 0.1) is 0 Å². The number of pyridine rings is 1. The van der Waals surface area contributed by atoms with Crippen LogP contribution in [0.2, 0.25) is 0 Å². The van der Waals surface area contributed by atoms with Crippen LogP contribution in [0.1, 0.15) is 11.1 Å². The molecule has 0 aliphatic carbocycles. The third-order valence-electron chi connectivity index (χ3n) is 1.44. The van der Waals surface area contributed by atoms with Gasteiger partial charge in [-0.15, -0.1) is 0 Å². The SMILES string of the molecule is Cc1ccnc(F)c1CN. The minimum Gasteiger partial charge on any atom is -0.326 e. The molecule has 0 atom stereocenters. The molecule has 0 spiro atoms. The van der Waals surface area contributed by atoms with Gasteiger partial charge in [0, 0.05) is 18.3 Å². The quantitative estimate of drug-likeness (QED) is 0.591. The summed E-state index contributed by atoms with van der Waals surface area (Å²) in [4.78, 5) is 3.46. The highest BCUT2D eigenvalue weighted by Gasteiger charge is 2.02. The number of halogens is 1. The largest absolute Gasteiger partial charge is 0.326 e. The normalized spacial score (nSPS) is 9.90. The molecule has 0 radical (unpaired) electrons. The Bertz CT molecular complexity index is 215. The monoisotopic (exact) mass is 140 g/mol. The lowest BCUT2D eigenvalue weighted by atomic mass is 10.1. The second kappa shape index (κ2) is 2.75. The van der Waals surface area contributed by atoms with E-state index in [1.165, 1.54) is 6.20 Å². The van der Waals surface area contributed by atoms with Gasteiger partial charge < -0.3 is 5.73 Å². The summed E-state index contributed by atoms with van der Waals surface area (Å²) in [6.45, 7) is 2.03. The molecule has 0 aliphatic rings. The molecule has 0 aromatic carbocycles. The van der Waals surface area contributed by atoms with Crippen molar-refractivity contribution < 1.29 is 4.39 Å². The Morgan fingerprint density at radius 3 is 2.80 bits per heavy atom. The third kappa shape index (κ3) is 1.14. The van der Waals surface area contributed by atoms with E-state index in [1.807, 2.05) is 6.92 Å². The zero-order chi connectivity index (χ0) is 7.56. The van der Waals surface area contributed by atoms with Crippen LogP contribution in [0.15, 0.2) is 12.3 Å². The molecule has 54 valence electrons. The summed E-state index contributed by atoms with van der Waals surface area (Å²) in [6, 6.07) is 1.74. The smallest absolute Gasteiger partial charge is 0.217 e. The van der Waals surface area contributed by atoms with Crippen LogP contribution in [-0.4, -0.2) is 4.98 Å². The van der Waals surface area contributed by atoms with E-state index < -0.39 is 5.95 Å². The number of nitrogens with two attached hydrogens (primary N) is 1. The Kier molecular flexibility index (Phi) is 1.97. The minimum atomic E-state index is -0.456. The zero-order valence-corrected chi connectivity index (χ0v) is 5.76. The van der Waals surface area contributed by atoms with Crippen molar-refractivity contribution in [2.45, 2.75) is 13.5 Å². The summed E-state index contributed by atoms with van der Waals surface area (Å²) in [7, 11) is 0. The second-order valence-corrected chi connectivity index (χ2v) is 2.10. The molecule has 0 amide bonds. The molecular formula is C7H9FN2. The highest BCUT2D eigenvalue weighted by molar-refractivity contribution is 5.22. The van der Waals surface area contributed by atoms with Crippen molar-refractivity contribution in [3.8, 4) is 0 Å². The highest BCUT2D eigenvalue weighted by Crippen LogP contribution is 2.07. The average Bonchev–Trinajstić information content (AvgIpc) is 1.88. The number of aromatic nitrogens is 1. The molecule has 1 aromatic rings. The van der Waals surface area contributed by atoms with E-state index in [0.29, 0.717) is 5.56 Å². The molecule has 1 heterocycles. The lowest BCUT2D eigenvalue weighted by molar-refractivity contribution is 0.565. The van der Waals surface area contributed by atoms with Crippen molar-refractivity contribution in [2.24, 2.45) is 5.73 Å².